The summed E-state index contributed by atoms with van der Waals surface area (Å²) in [5.74, 6) is -1.34. The summed E-state index contributed by atoms with van der Waals surface area (Å²) in [6.45, 7) is 1.69. The van der Waals surface area contributed by atoms with Crippen LogP contribution in [-0.2, 0) is 4.79 Å². The summed E-state index contributed by atoms with van der Waals surface area (Å²) in [6, 6.07) is 0. The van der Waals surface area contributed by atoms with Crippen molar-refractivity contribution < 1.29 is 30.3 Å². The zero-order chi connectivity index (χ0) is 20.0. The Bertz CT molecular complexity index is 718. The number of carbonyl (C=O) groups is 1. The molecule has 0 aromatic heterocycles. The van der Waals surface area contributed by atoms with Crippen LogP contribution in [0, 0.1) is 0 Å². The van der Waals surface area contributed by atoms with E-state index in [9.17, 15) is 20.1 Å². The van der Waals surface area contributed by atoms with Crippen molar-refractivity contribution in [3.63, 3.8) is 0 Å². The Kier molecular flexibility index (Phi) is 7.69. The number of nitrogens with zero attached hydrogens (tertiary/aromatic N) is 3. The standard InChI is InChI=1S/C17H25N3O6/c1-9-12(7-22)16(18-3)15(19-13(25)8-23)10(2)14(9)17(26)20(4)5-11(24)6-21/h7,11,21-24H,5-6,8H2,1-4H3,(H,19,25)/p-2. The molecule has 0 aromatic rings. The molecule has 0 bridgehead atoms. The van der Waals surface area contributed by atoms with Gasteiger partial charge in [-0.3, -0.25) is 14.8 Å². The van der Waals surface area contributed by atoms with E-state index < -0.39 is 31.1 Å². The van der Waals surface area contributed by atoms with Gasteiger partial charge < -0.3 is 30.4 Å². The number of likely N-dealkylation sites (N-methyl/N-ethyl adjacent to an activating group) is 1. The van der Waals surface area contributed by atoms with Gasteiger partial charge in [0.1, 0.15) is 0 Å². The molecule has 26 heavy (non-hydrogen) atoms. The molecule has 9 heteroatoms. The summed E-state index contributed by atoms with van der Waals surface area (Å²) in [6.07, 6.45) is -0.584. The van der Waals surface area contributed by atoms with Crippen LogP contribution in [0.25, 0.3) is 0 Å². The van der Waals surface area contributed by atoms with Crippen LogP contribution in [0.15, 0.2) is 44.2 Å². The van der Waals surface area contributed by atoms with E-state index in [-0.39, 0.29) is 29.1 Å². The van der Waals surface area contributed by atoms with Crippen LogP contribution in [-0.4, -0.2) is 77.7 Å². The maximum absolute atomic E-state index is 12.8. The van der Waals surface area contributed by atoms with Crippen LogP contribution in [0.5, 0.6) is 0 Å². The Morgan fingerprint density at radius 2 is 1.92 bits per heavy atom. The number of hydrogen-bond donors (Lipinski definition) is 3. The summed E-state index contributed by atoms with van der Waals surface area (Å²) in [4.78, 5) is 21.8. The summed E-state index contributed by atoms with van der Waals surface area (Å²) < 4.78 is 0. The van der Waals surface area contributed by atoms with Gasteiger partial charge in [-0.2, -0.15) is 0 Å². The first-order chi connectivity index (χ1) is 12.2. The number of aliphatic hydroxyl groups excluding tert-OH is 3. The van der Waals surface area contributed by atoms with Crippen LogP contribution in [0.4, 0.5) is 0 Å². The second-order valence-electron chi connectivity index (χ2n) is 5.76. The van der Waals surface area contributed by atoms with Gasteiger partial charge in [0.05, 0.1) is 30.7 Å². The Morgan fingerprint density at radius 3 is 2.38 bits per heavy atom. The molecule has 1 aliphatic carbocycles. The average Bonchev–Trinajstić information content (AvgIpc) is 2.62. The van der Waals surface area contributed by atoms with Crippen LogP contribution in [0.2, 0.25) is 0 Å². The molecule has 0 saturated heterocycles. The molecule has 3 N–H and O–H groups in total. The third-order valence-corrected chi connectivity index (χ3v) is 3.96. The van der Waals surface area contributed by atoms with Crippen molar-refractivity contribution in [3.05, 3.63) is 34.3 Å². The molecule has 1 aliphatic rings. The first-order valence-corrected chi connectivity index (χ1v) is 7.85. The fourth-order valence-electron chi connectivity index (χ4n) is 2.65. The van der Waals surface area contributed by atoms with E-state index >= 15 is 0 Å². The van der Waals surface area contributed by atoms with E-state index in [0.29, 0.717) is 17.4 Å². The quantitative estimate of drug-likeness (QED) is 0.268. The van der Waals surface area contributed by atoms with Gasteiger partial charge in [0, 0.05) is 26.2 Å². The summed E-state index contributed by atoms with van der Waals surface area (Å²) in [5, 5.41) is 50.6. The average molecular weight is 365 g/mol. The Labute approximate surface area is 151 Å². The van der Waals surface area contributed by atoms with E-state index in [2.05, 4.69) is 9.98 Å². The minimum absolute atomic E-state index is 0.0405. The Hall–Kier alpha value is -2.49. The van der Waals surface area contributed by atoms with Crippen molar-refractivity contribution in [1.82, 2.24) is 4.90 Å². The molecular formula is C17H23N3O6-2. The van der Waals surface area contributed by atoms with Gasteiger partial charge in [0.25, 0.3) is 5.91 Å². The molecule has 0 radical (unpaired) electrons. The third kappa shape index (κ3) is 4.37. The van der Waals surface area contributed by atoms with Gasteiger partial charge in [-0.25, -0.2) is 0 Å². The minimum Gasteiger partial charge on any atom is -0.877 e. The predicted octanol–water partition coefficient (Wildman–Crippen LogP) is -2.53. The van der Waals surface area contributed by atoms with Gasteiger partial charge in [-0.1, -0.05) is 0 Å². The van der Waals surface area contributed by atoms with Crippen LogP contribution in [0.1, 0.15) is 13.8 Å². The van der Waals surface area contributed by atoms with Gasteiger partial charge in [0.15, 0.2) is 0 Å². The maximum atomic E-state index is 12.8. The number of hydrogen-bond acceptors (Lipinski definition) is 8. The van der Waals surface area contributed by atoms with Crippen LogP contribution < -0.4 is 10.2 Å². The van der Waals surface area contributed by atoms with Crippen LogP contribution in [0.3, 0.4) is 0 Å². The lowest BCUT2D eigenvalue weighted by atomic mass is 9.84. The number of carbonyl (C=O) groups excluding carboxylic acids is 1. The zero-order valence-corrected chi connectivity index (χ0v) is 15.2. The molecule has 9 nitrogen and oxygen atoms in total. The normalized spacial score (nSPS) is 20.2. The maximum Gasteiger partial charge on any atom is 0.254 e. The number of aliphatic imine (C=N–C) groups is 2. The molecule has 0 aliphatic heterocycles. The van der Waals surface area contributed by atoms with Gasteiger partial charge in [-0.05, 0) is 36.5 Å². The molecule has 0 fully saturated rings. The van der Waals surface area contributed by atoms with Crippen molar-refractivity contribution in [1.29, 1.82) is 0 Å². The Balaban J connectivity index is 3.55. The lowest BCUT2D eigenvalue weighted by molar-refractivity contribution is -0.275. The molecule has 1 unspecified atom stereocenters. The van der Waals surface area contributed by atoms with Gasteiger partial charge in [-0.15, -0.1) is 6.26 Å². The second kappa shape index (κ2) is 9.27. The molecule has 1 atom stereocenters. The van der Waals surface area contributed by atoms with Crippen molar-refractivity contribution in [2.24, 2.45) is 9.98 Å². The zero-order valence-electron chi connectivity index (χ0n) is 15.2. The minimum atomic E-state index is -1.11. The van der Waals surface area contributed by atoms with E-state index in [1.54, 1.807) is 13.8 Å². The monoisotopic (exact) mass is 365 g/mol. The highest BCUT2D eigenvalue weighted by atomic mass is 16.3. The molecule has 0 spiro atoms. The lowest BCUT2D eigenvalue weighted by Gasteiger charge is -2.29. The molecular weight excluding hydrogens is 342 g/mol. The topological polar surface area (TPSA) is 152 Å². The molecule has 1 amide bonds. The highest BCUT2D eigenvalue weighted by Gasteiger charge is 2.30. The molecule has 144 valence electrons. The van der Waals surface area contributed by atoms with Crippen molar-refractivity contribution in [2.45, 2.75) is 20.0 Å². The van der Waals surface area contributed by atoms with Crippen molar-refractivity contribution in [2.75, 3.05) is 33.9 Å². The first-order valence-electron chi connectivity index (χ1n) is 7.85. The smallest absolute Gasteiger partial charge is 0.254 e. The van der Waals surface area contributed by atoms with E-state index in [4.69, 9.17) is 10.2 Å². The van der Waals surface area contributed by atoms with E-state index in [1.165, 1.54) is 19.0 Å². The second-order valence-corrected chi connectivity index (χ2v) is 5.76. The number of allylic oxidation sites excluding steroid dienone is 2. The van der Waals surface area contributed by atoms with Crippen LogP contribution >= 0.6 is 0 Å². The fourth-order valence-corrected chi connectivity index (χ4v) is 2.65. The summed E-state index contributed by atoms with van der Waals surface area (Å²) in [5.41, 5.74) is 1.15. The van der Waals surface area contributed by atoms with Crippen molar-refractivity contribution >= 4 is 17.5 Å². The highest BCUT2D eigenvalue weighted by molar-refractivity contribution is 6.20. The molecule has 1 rings (SSSR count). The third-order valence-electron chi connectivity index (χ3n) is 3.96. The molecule has 0 saturated carbocycles. The fraction of sp³-hybridized carbons (Fsp3) is 0.471. The molecule has 0 aromatic carbocycles. The number of aliphatic hydroxyl groups is 3. The largest absolute Gasteiger partial charge is 0.877 e. The first kappa shape index (κ1) is 21.6. The summed E-state index contributed by atoms with van der Waals surface area (Å²) >= 11 is 0. The number of amides is 1. The predicted molar refractivity (Wildman–Crippen MR) is 92.1 cm³/mol. The SMILES string of the molecule is CN=C1C(=C[O-])C(C)=C(C(=O)N(C)CC(O)CO)C(C)=C1N=C([O-])CO. The van der Waals surface area contributed by atoms with E-state index in [0.717, 1.165) is 0 Å². The Morgan fingerprint density at radius 1 is 1.31 bits per heavy atom. The van der Waals surface area contributed by atoms with E-state index in [1.807, 2.05) is 0 Å². The highest BCUT2D eigenvalue weighted by Crippen LogP contribution is 2.33. The lowest BCUT2D eigenvalue weighted by Crippen LogP contribution is -2.38. The molecule has 0 heterocycles. The van der Waals surface area contributed by atoms with Gasteiger partial charge >= 0.3 is 0 Å². The summed E-state index contributed by atoms with van der Waals surface area (Å²) in [7, 11) is 2.86. The van der Waals surface area contributed by atoms with Crippen molar-refractivity contribution in [3.8, 4) is 0 Å². The van der Waals surface area contributed by atoms with Gasteiger partial charge in [0.2, 0.25) is 0 Å². The number of rotatable bonds is 6.